The van der Waals surface area contributed by atoms with E-state index in [4.69, 9.17) is 10.7 Å². The molecule has 9 heteroatoms. The van der Waals surface area contributed by atoms with Crippen molar-refractivity contribution in [3.63, 3.8) is 0 Å². The number of anilines is 1. The molecule has 0 bridgehead atoms. The number of carbonyl (C=O) groups is 1. The zero-order valence-corrected chi connectivity index (χ0v) is 13.7. The highest BCUT2D eigenvalue weighted by atomic mass is 35.7. The van der Waals surface area contributed by atoms with Gasteiger partial charge in [0.2, 0.25) is 0 Å². The minimum absolute atomic E-state index is 0.198. The van der Waals surface area contributed by atoms with E-state index in [1.165, 1.54) is 18.5 Å². The zero-order valence-electron chi connectivity index (χ0n) is 12.1. The number of hydrogen-bond acceptors (Lipinski definition) is 5. The van der Waals surface area contributed by atoms with Crippen LogP contribution in [-0.2, 0) is 9.05 Å². The average molecular weight is 363 g/mol. The maximum Gasteiger partial charge on any atom is 0.273 e. The normalized spacial score (nSPS) is 11.2. The van der Waals surface area contributed by atoms with Crippen molar-refractivity contribution >= 4 is 31.3 Å². The number of benzene rings is 1. The summed E-state index contributed by atoms with van der Waals surface area (Å²) in [6.45, 7) is 0. The SMILES string of the molecule is O=C(Nc1cncc(S(=O)(=O)Cl)c1)c1cnc(-c2ccccc2)[nH]1. The fraction of sp³-hybridized carbons (Fsp3) is 0. The van der Waals surface area contributed by atoms with Gasteiger partial charge < -0.3 is 10.3 Å². The molecule has 0 spiro atoms. The summed E-state index contributed by atoms with van der Waals surface area (Å²) in [6.07, 6.45) is 3.81. The van der Waals surface area contributed by atoms with Crippen LogP contribution in [0.2, 0.25) is 0 Å². The fourth-order valence-corrected chi connectivity index (χ4v) is 2.71. The topological polar surface area (TPSA) is 105 Å². The summed E-state index contributed by atoms with van der Waals surface area (Å²) in [6, 6.07) is 10.5. The lowest BCUT2D eigenvalue weighted by atomic mass is 10.2. The van der Waals surface area contributed by atoms with E-state index in [2.05, 4.69) is 20.3 Å². The molecule has 2 N–H and O–H groups in total. The van der Waals surface area contributed by atoms with Crippen LogP contribution < -0.4 is 5.32 Å². The maximum atomic E-state index is 12.2. The van der Waals surface area contributed by atoms with E-state index in [0.29, 0.717) is 5.82 Å². The van der Waals surface area contributed by atoms with Crippen LogP contribution in [0.3, 0.4) is 0 Å². The monoisotopic (exact) mass is 362 g/mol. The minimum Gasteiger partial charge on any atom is -0.334 e. The molecule has 0 aliphatic rings. The molecule has 0 atom stereocenters. The summed E-state index contributed by atoms with van der Waals surface area (Å²) in [5.41, 5.74) is 1.28. The molecule has 0 aliphatic heterocycles. The van der Waals surface area contributed by atoms with Gasteiger partial charge in [-0.2, -0.15) is 0 Å². The molecule has 0 fully saturated rings. The second-order valence-electron chi connectivity index (χ2n) is 4.81. The third kappa shape index (κ3) is 3.61. The number of nitrogens with one attached hydrogen (secondary N) is 2. The van der Waals surface area contributed by atoms with Crippen LogP contribution in [0.5, 0.6) is 0 Å². The molecule has 0 radical (unpaired) electrons. The molecule has 3 aromatic rings. The molecule has 0 aliphatic carbocycles. The van der Waals surface area contributed by atoms with Crippen molar-refractivity contribution in [1.29, 1.82) is 0 Å². The Balaban J connectivity index is 1.80. The van der Waals surface area contributed by atoms with Crippen LogP contribution >= 0.6 is 10.7 Å². The van der Waals surface area contributed by atoms with Gasteiger partial charge in [0.1, 0.15) is 16.4 Å². The van der Waals surface area contributed by atoms with Gasteiger partial charge in [0.25, 0.3) is 15.0 Å². The van der Waals surface area contributed by atoms with E-state index in [-0.39, 0.29) is 16.3 Å². The van der Waals surface area contributed by atoms with Gasteiger partial charge in [-0.3, -0.25) is 9.78 Å². The third-order valence-corrected chi connectivity index (χ3v) is 4.44. The van der Waals surface area contributed by atoms with Crippen LogP contribution in [0.1, 0.15) is 10.5 Å². The largest absolute Gasteiger partial charge is 0.334 e. The van der Waals surface area contributed by atoms with Crippen LogP contribution in [0, 0.1) is 0 Å². The van der Waals surface area contributed by atoms with Gasteiger partial charge in [-0.05, 0) is 6.07 Å². The van der Waals surface area contributed by atoms with Crippen molar-refractivity contribution < 1.29 is 13.2 Å². The van der Waals surface area contributed by atoms with Gasteiger partial charge in [-0.15, -0.1) is 0 Å². The second kappa shape index (κ2) is 6.42. The number of nitrogens with zero attached hydrogens (tertiary/aromatic N) is 2. The lowest BCUT2D eigenvalue weighted by Gasteiger charge is -2.04. The molecule has 3 rings (SSSR count). The van der Waals surface area contributed by atoms with Crippen LogP contribution in [-0.4, -0.2) is 29.3 Å². The van der Waals surface area contributed by atoms with Crippen molar-refractivity contribution in [1.82, 2.24) is 15.0 Å². The van der Waals surface area contributed by atoms with E-state index >= 15 is 0 Å². The molecule has 122 valence electrons. The van der Waals surface area contributed by atoms with Gasteiger partial charge in [-0.25, -0.2) is 13.4 Å². The predicted molar refractivity (Wildman–Crippen MR) is 89.3 cm³/mol. The fourth-order valence-electron chi connectivity index (χ4n) is 2.00. The first-order valence-corrected chi connectivity index (χ1v) is 9.06. The summed E-state index contributed by atoms with van der Waals surface area (Å²) in [5, 5.41) is 2.54. The quantitative estimate of drug-likeness (QED) is 0.694. The number of carbonyl (C=O) groups excluding carboxylic acids is 1. The lowest BCUT2D eigenvalue weighted by molar-refractivity contribution is 0.102. The van der Waals surface area contributed by atoms with Crippen molar-refractivity contribution in [3.05, 3.63) is 60.7 Å². The third-order valence-electron chi connectivity index (χ3n) is 3.12. The highest BCUT2D eigenvalue weighted by Crippen LogP contribution is 2.19. The number of aromatic nitrogens is 3. The van der Waals surface area contributed by atoms with Crippen LogP contribution in [0.4, 0.5) is 5.69 Å². The number of pyridine rings is 1. The highest BCUT2D eigenvalue weighted by Gasteiger charge is 2.14. The second-order valence-corrected chi connectivity index (χ2v) is 7.38. The van der Waals surface area contributed by atoms with Gasteiger partial charge in [-0.1, -0.05) is 30.3 Å². The van der Waals surface area contributed by atoms with E-state index < -0.39 is 15.0 Å². The number of amides is 1. The number of hydrogen-bond donors (Lipinski definition) is 2. The number of H-pyrrole nitrogens is 1. The Morgan fingerprint density at radius 3 is 2.58 bits per heavy atom. The Kier molecular flexibility index (Phi) is 4.32. The van der Waals surface area contributed by atoms with Crippen LogP contribution in [0.15, 0.2) is 59.9 Å². The number of halogens is 1. The van der Waals surface area contributed by atoms with Crippen molar-refractivity contribution in [2.24, 2.45) is 0 Å². The number of aromatic amines is 1. The van der Waals surface area contributed by atoms with E-state index in [1.54, 1.807) is 0 Å². The molecule has 1 aromatic carbocycles. The van der Waals surface area contributed by atoms with E-state index in [1.807, 2.05) is 30.3 Å². The first-order valence-electron chi connectivity index (χ1n) is 6.75. The summed E-state index contributed by atoms with van der Waals surface area (Å²) in [4.78, 5) is 22.8. The summed E-state index contributed by atoms with van der Waals surface area (Å²) >= 11 is 0. The molecule has 1 amide bonds. The van der Waals surface area contributed by atoms with Crippen molar-refractivity contribution in [2.75, 3.05) is 5.32 Å². The Morgan fingerprint density at radius 1 is 1.12 bits per heavy atom. The first kappa shape index (κ1) is 16.2. The van der Waals surface area contributed by atoms with Gasteiger partial charge >= 0.3 is 0 Å². The molecule has 2 aromatic heterocycles. The Labute approximate surface area is 142 Å². The smallest absolute Gasteiger partial charge is 0.273 e. The lowest BCUT2D eigenvalue weighted by Crippen LogP contribution is -2.12. The van der Waals surface area contributed by atoms with Crippen molar-refractivity contribution in [2.45, 2.75) is 4.90 Å². The van der Waals surface area contributed by atoms with Gasteiger partial charge in [0.05, 0.1) is 18.1 Å². The first-order chi connectivity index (χ1) is 11.4. The Bertz CT molecular complexity index is 987. The molecule has 7 nitrogen and oxygen atoms in total. The molecular weight excluding hydrogens is 352 g/mol. The minimum atomic E-state index is -3.92. The Hall–Kier alpha value is -2.71. The van der Waals surface area contributed by atoms with Crippen LogP contribution in [0.25, 0.3) is 11.4 Å². The molecule has 2 heterocycles. The molecular formula is C15H11ClN4O3S. The highest BCUT2D eigenvalue weighted by molar-refractivity contribution is 8.13. The molecule has 24 heavy (non-hydrogen) atoms. The van der Waals surface area contributed by atoms with E-state index in [9.17, 15) is 13.2 Å². The summed E-state index contributed by atoms with van der Waals surface area (Å²) in [5.74, 6) is 0.0755. The standard InChI is InChI=1S/C15H11ClN4O3S/c16-24(22,23)12-6-11(7-17-8-12)19-15(21)13-9-18-14(20-13)10-4-2-1-3-5-10/h1-9H,(H,18,20)(H,19,21). The van der Waals surface area contributed by atoms with Crippen molar-refractivity contribution in [3.8, 4) is 11.4 Å². The number of rotatable bonds is 4. The Morgan fingerprint density at radius 2 is 1.88 bits per heavy atom. The molecule has 0 saturated carbocycles. The summed E-state index contributed by atoms with van der Waals surface area (Å²) in [7, 11) is 1.34. The molecule has 0 saturated heterocycles. The molecule has 0 unspecified atom stereocenters. The van der Waals surface area contributed by atoms with E-state index in [0.717, 1.165) is 11.8 Å². The number of imidazole rings is 1. The van der Waals surface area contributed by atoms with Gasteiger partial charge in [0, 0.05) is 22.4 Å². The average Bonchev–Trinajstić information content (AvgIpc) is 3.05. The van der Waals surface area contributed by atoms with Gasteiger partial charge in [0.15, 0.2) is 0 Å². The summed E-state index contributed by atoms with van der Waals surface area (Å²) < 4.78 is 22.6. The predicted octanol–water partition coefficient (Wildman–Crippen LogP) is 2.65. The zero-order chi connectivity index (χ0) is 17.2. The maximum absolute atomic E-state index is 12.2.